The largest absolute Gasteiger partial charge is 0.466 e. The van der Waals surface area contributed by atoms with Crippen molar-refractivity contribution in [1.82, 2.24) is 15.2 Å². The number of esters is 1. The summed E-state index contributed by atoms with van der Waals surface area (Å²) in [4.78, 5) is 45.4. The molecule has 9 heteroatoms. The van der Waals surface area contributed by atoms with E-state index >= 15 is 0 Å². The predicted octanol–water partition coefficient (Wildman–Crippen LogP) is 3.44. The van der Waals surface area contributed by atoms with Gasteiger partial charge in [-0.15, -0.1) is 0 Å². The fourth-order valence-electron chi connectivity index (χ4n) is 6.06. The molecule has 9 nitrogen and oxygen atoms in total. The number of benzene rings is 1. The van der Waals surface area contributed by atoms with Crippen LogP contribution in [0, 0.1) is 5.92 Å². The highest BCUT2D eigenvalue weighted by Gasteiger charge is 2.48. The first-order chi connectivity index (χ1) is 18.3. The number of nitrogens with one attached hydrogen (secondary N) is 1. The fraction of sp³-hybridized carbons (Fsp3) is 0.586. The number of amides is 2. The van der Waals surface area contributed by atoms with Gasteiger partial charge in [-0.1, -0.05) is 51.2 Å². The van der Waals surface area contributed by atoms with Crippen LogP contribution in [0.3, 0.4) is 0 Å². The Hall–Kier alpha value is -3.20. The summed E-state index contributed by atoms with van der Waals surface area (Å²) in [5, 5.41) is 5.35. The van der Waals surface area contributed by atoms with Crippen LogP contribution >= 0.6 is 0 Å². The van der Waals surface area contributed by atoms with E-state index in [9.17, 15) is 14.4 Å². The molecule has 2 heterocycles. The lowest BCUT2D eigenvalue weighted by Gasteiger charge is -2.40. The lowest BCUT2D eigenvalue weighted by Crippen LogP contribution is -2.61. The Kier molecular flexibility index (Phi) is 9.20. The van der Waals surface area contributed by atoms with Gasteiger partial charge in [0.1, 0.15) is 17.4 Å². The smallest absolute Gasteiger partial charge is 0.308 e. The quantitative estimate of drug-likeness (QED) is 0.383. The summed E-state index contributed by atoms with van der Waals surface area (Å²) in [6, 6.07) is 7.16. The van der Waals surface area contributed by atoms with Gasteiger partial charge in [-0.25, -0.2) is 4.98 Å². The summed E-state index contributed by atoms with van der Waals surface area (Å²) in [6.45, 7) is 3.06. The molecule has 4 rings (SSSR count). The molecule has 2 fully saturated rings. The van der Waals surface area contributed by atoms with E-state index < -0.39 is 23.5 Å². The molecule has 2 aliphatic rings. The van der Waals surface area contributed by atoms with Crippen molar-refractivity contribution < 1.29 is 19.1 Å². The van der Waals surface area contributed by atoms with Crippen LogP contribution in [0.15, 0.2) is 30.5 Å². The van der Waals surface area contributed by atoms with Crippen molar-refractivity contribution in [1.29, 1.82) is 0 Å². The monoisotopic (exact) mass is 523 g/mol. The number of anilines is 1. The number of hydrogen-bond donors (Lipinski definition) is 3. The maximum Gasteiger partial charge on any atom is 0.308 e. The summed E-state index contributed by atoms with van der Waals surface area (Å²) >= 11 is 0. The van der Waals surface area contributed by atoms with Gasteiger partial charge in [-0.2, -0.15) is 0 Å². The summed E-state index contributed by atoms with van der Waals surface area (Å²) in [5.74, 6) is -0.371. The first kappa shape index (κ1) is 27.8. The van der Waals surface area contributed by atoms with Crippen molar-refractivity contribution in [3.8, 4) is 0 Å². The van der Waals surface area contributed by atoms with E-state index in [1.54, 1.807) is 11.1 Å². The van der Waals surface area contributed by atoms with Gasteiger partial charge < -0.3 is 21.1 Å². The standard InChI is InChI=1S/C29H41N5O4/c1-2-15-38-25(35)18-29(17-20-7-4-3-5-8-20,28(37)34-14-6-9-24(34)27(31)36)33-19-21-10-11-23-22(16-21)12-13-32-26(23)30/h10-13,16,20,24,33H,2-9,14-15,17-19H2,1H3,(H2,30,32)(H2,31,36)/t24-,29+/m0/s1. The average molecular weight is 524 g/mol. The van der Waals surface area contributed by atoms with E-state index in [1.807, 2.05) is 31.2 Å². The third-order valence-corrected chi connectivity index (χ3v) is 8.02. The zero-order valence-electron chi connectivity index (χ0n) is 22.4. The maximum absolute atomic E-state index is 14.4. The number of carbonyl (C=O) groups is 3. The van der Waals surface area contributed by atoms with E-state index in [1.165, 1.54) is 6.42 Å². The van der Waals surface area contributed by atoms with E-state index in [2.05, 4.69) is 10.3 Å². The van der Waals surface area contributed by atoms with Crippen molar-refractivity contribution in [3.05, 3.63) is 36.0 Å². The van der Waals surface area contributed by atoms with Crippen LogP contribution in [0.1, 0.15) is 76.7 Å². The van der Waals surface area contributed by atoms with Gasteiger partial charge >= 0.3 is 5.97 Å². The molecule has 1 aliphatic heterocycles. The number of ether oxygens (including phenoxy) is 1. The van der Waals surface area contributed by atoms with E-state index in [0.29, 0.717) is 57.1 Å². The van der Waals surface area contributed by atoms with Crippen molar-refractivity contribution >= 4 is 34.4 Å². The van der Waals surface area contributed by atoms with Crippen LogP contribution in [0.4, 0.5) is 5.82 Å². The van der Waals surface area contributed by atoms with Gasteiger partial charge in [0.2, 0.25) is 11.8 Å². The van der Waals surface area contributed by atoms with Gasteiger partial charge in [-0.05, 0) is 54.7 Å². The fourth-order valence-corrected chi connectivity index (χ4v) is 6.06. The minimum atomic E-state index is -1.20. The topological polar surface area (TPSA) is 141 Å². The first-order valence-corrected chi connectivity index (χ1v) is 14.0. The number of rotatable bonds is 11. The van der Waals surface area contributed by atoms with Gasteiger partial charge in [0.25, 0.3) is 0 Å². The minimum absolute atomic E-state index is 0.0885. The Morgan fingerprint density at radius 2 is 1.92 bits per heavy atom. The van der Waals surface area contributed by atoms with Crippen LogP contribution in [0.2, 0.25) is 0 Å². The number of aromatic nitrogens is 1. The van der Waals surface area contributed by atoms with Crippen LogP contribution in [-0.2, 0) is 25.7 Å². The number of primary amides is 1. The average Bonchev–Trinajstić information content (AvgIpc) is 3.41. The number of nitrogens with zero attached hydrogens (tertiary/aromatic N) is 2. The molecule has 0 spiro atoms. The zero-order valence-corrected chi connectivity index (χ0v) is 22.4. The van der Waals surface area contributed by atoms with E-state index in [0.717, 1.165) is 42.0 Å². The molecule has 0 unspecified atom stereocenters. The molecule has 1 aromatic carbocycles. The number of fused-ring (bicyclic) bond motifs is 1. The number of pyridine rings is 1. The number of nitrogen functional groups attached to an aromatic ring is 1. The Labute approximate surface area is 224 Å². The lowest BCUT2D eigenvalue weighted by molar-refractivity contribution is -0.153. The molecule has 206 valence electrons. The SMILES string of the molecule is CCCOC(=O)C[C@@](CC1CCCCC1)(NCc1ccc2c(N)nccc2c1)C(=O)N1CCC[C@H]1C(N)=O. The van der Waals surface area contributed by atoms with Gasteiger partial charge in [0.15, 0.2) is 0 Å². The molecule has 5 N–H and O–H groups in total. The Morgan fingerprint density at radius 3 is 2.66 bits per heavy atom. The number of carbonyl (C=O) groups excluding carboxylic acids is 3. The highest BCUT2D eigenvalue weighted by atomic mass is 16.5. The highest BCUT2D eigenvalue weighted by Crippen LogP contribution is 2.35. The van der Waals surface area contributed by atoms with E-state index in [4.69, 9.17) is 16.2 Å². The predicted molar refractivity (Wildman–Crippen MR) is 147 cm³/mol. The number of likely N-dealkylation sites (tertiary alicyclic amines) is 1. The molecule has 38 heavy (non-hydrogen) atoms. The Balaban J connectivity index is 1.68. The van der Waals surface area contributed by atoms with Gasteiger partial charge in [-0.3, -0.25) is 19.7 Å². The summed E-state index contributed by atoms with van der Waals surface area (Å²) in [6.07, 6.45) is 9.50. The van der Waals surface area contributed by atoms with Crippen LogP contribution in [0.5, 0.6) is 0 Å². The molecule has 1 aromatic heterocycles. The van der Waals surface area contributed by atoms with Crippen molar-refractivity contribution in [2.24, 2.45) is 11.7 Å². The summed E-state index contributed by atoms with van der Waals surface area (Å²) in [5.41, 5.74) is 11.5. The summed E-state index contributed by atoms with van der Waals surface area (Å²) in [7, 11) is 0. The van der Waals surface area contributed by atoms with Crippen LogP contribution in [-0.4, -0.2) is 52.4 Å². The molecule has 2 amide bonds. The van der Waals surface area contributed by atoms with Crippen molar-refractivity contribution in [2.45, 2.75) is 89.3 Å². The Morgan fingerprint density at radius 1 is 1.13 bits per heavy atom. The second kappa shape index (κ2) is 12.6. The molecule has 1 saturated heterocycles. The zero-order chi connectivity index (χ0) is 27.1. The molecule has 0 bridgehead atoms. The molecule has 1 aliphatic carbocycles. The van der Waals surface area contributed by atoms with Crippen molar-refractivity contribution in [3.63, 3.8) is 0 Å². The third-order valence-electron chi connectivity index (χ3n) is 8.02. The lowest BCUT2D eigenvalue weighted by atomic mass is 9.76. The molecule has 0 radical (unpaired) electrons. The number of nitrogens with two attached hydrogens (primary N) is 2. The molecule has 2 aromatic rings. The Bertz CT molecular complexity index is 1150. The third kappa shape index (κ3) is 6.43. The molecule has 1 saturated carbocycles. The minimum Gasteiger partial charge on any atom is -0.466 e. The highest BCUT2D eigenvalue weighted by molar-refractivity contribution is 5.95. The molecular weight excluding hydrogens is 482 g/mol. The van der Waals surface area contributed by atoms with E-state index in [-0.39, 0.29) is 12.3 Å². The van der Waals surface area contributed by atoms with Crippen LogP contribution in [0.25, 0.3) is 10.8 Å². The molecule has 2 atom stereocenters. The second-order valence-electron chi connectivity index (χ2n) is 10.9. The molecular formula is C29H41N5O4. The second-order valence-corrected chi connectivity index (χ2v) is 10.9. The number of hydrogen-bond acceptors (Lipinski definition) is 7. The van der Waals surface area contributed by atoms with Crippen molar-refractivity contribution in [2.75, 3.05) is 18.9 Å². The first-order valence-electron chi connectivity index (χ1n) is 14.0. The van der Waals surface area contributed by atoms with Gasteiger partial charge in [0.05, 0.1) is 13.0 Å². The van der Waals surface area contributed by atoms with Gasteiger partial charge in [0, 0.05) is 24.7 Å². The van der Waals surface area contributed by atoms with Crippen LogP contribution < -0.4 is 16.8 Å². The summed E-state index contributed by atoms with van der Waals surface area (Å²) < 4.78 is 5.48. The maximum atomic E-state index is 14.4. The normalized spacial score (nSPS) is 19.8.